The lowest BCUT2D eigenvalue weighted by Crippen LogP contribution is -2.19. The summed E-state index contributed by atoms with van der Waals surface area (Å²) in [4.78, 5) is 11.1. The van der Waals surface area contributed by atoms with Crippen LogP contribution in [0.15, 0.2) is 48.1 Å². The van der Waals surface area contributed by atoms with Crippen molar-refractivity contribution < 1.29 is 19.7 Å². The number of hydrogen-bond donors (Lipinski definition) is 3. The van der Waals surface area contributed by atoms with Crippen LogP contribution in [0.25, 0.3) is 0 Å². The fraction of sp³-hybridized carbons (Fsp3) is 0.607. The molecule has 5 heteroatoms. The number of allylic oxidation sites excluding steroid dienone is 2. The van der Waals surface area contributed by atoms with Crippen LogP contribution in [0.1, 0.15) is 56.1 Å². The summed E-state index contributed by atoms with van der Waals surface area (Å²) in [5.74, 6) is 0.908. The number of carbonyl (C=O) groups excluding carboxylic acids is 1. The van der Waals surface area contributed by atoms with Gasteiger partial charge in [-0.3, -0.25) is 4.79 Å². The molecule has 33 heavy (non-hydrogen) atoms. The minimum absolute atomic E-state index is 0.134. The van der Waals surface area contributed by atoms with Gasteiger partial charge in [0, 0.05) is 18.9 Å². The Morgan fingerprint density at radius 1 is 1.27 bits per heavy atom. The van der Waals surface area contributed by atoms with Crippen molar-refractivity contribution in [1.29, 1.82) is 0 Å². The molecule has 3 rings (SSSR count). The smallest absolute Gasteiger partial charge is 0.306 e. The maximum Gasteiger partial charge on any atom is 0.306 e. The highest BCUT2D eigenvalue weighted by molar-refractivity contribution is 5.69. The number of aliphatic hydroxyl groups is 2. The van der Waals surface area contributed by atoms with Crippen LogP contribution in [0, 0.1) is 24.7 Å². The molecule has 0 saturated heterocycles. The molecule has 0 heterocycles. The average molecular weight is 456 g/mol. The van der Waals surface area contributed by atoms with Crippen molar-refractivity contribution in [3.63, 3.8) is 0 Å². The molecule has 1 fully saturated rings. The molecule has 1 saturated carbocycles. The molecule has 1 aromatic carbocycles. The van der Waals surface area contributed by atoms with Gasteiger partial charge >= 0.3 is 5.97 Å². The van der Waals surface area contributed by atoms with E-state index in [1.54, 1.807) is 0 Å². The normalized spacial score (nSPS) is 25.3. The molecule has 0 amide bonds. The topological polar surface area (TPSA) is 78.8 Å². The first-order valence-corrected chi connectivity index (χ1v) is 12.5. The predicted octanol–water partition coefficient (Wildman–Crippen LogP) is 4.11. The number of esters is 1. The van der Waals surface area contributed by atoms with Gasteiger partial charge in [0.15, 0.2) is 0 Å². The molecule has 0 radical (unpaired) electrons. The Kier molecular flexibility index (Phi) is 10.2. The lowest BCUT2D eigenvalue weighted by atomic mass is 9.88. The number of aryl methyl sites for hydroxylation is 1. The minimum Gasteiger partial charge on any atom is -0.469 e. The van der Waals surface area contributed by atoms with Crippen molar-refractivity contribution in [2.24, 2.45) is 17.8 Å². The van der Waals surface area contributed by atoms with Gasteiger partial charge in [0.25, 0.3) is 0 Å². The number of nitrogens with one attached hydrogen (secondary N) is 1. The Bertz CT molecular complexity index is 818. The molecule has 3 N–H and O–H groups in total. The highest BCUT2D eigenvalue weighted by atomic mass is 16.5. The Hall–Kier alpha value is -1.95. The number of fused-ring (bicyclic) bond motifs is 1. The summed E-state index contributed by atoms with van der Waals surface area (Å²) in [6.07, 6.45) is 13.1. The van der Waals surface area contributed by atoms with E-state index in [2.05, 4.69) is 47.3 Å². The van der Waals surface area contributed by atoms with E-state index in [4.69, 9.17) is 0 Å². The Morgan fingerprint density at radius 2 is 2.12 bits per heavy atom. The van der Waals surface area contributed by atoms with Crippen molar-refractivity contribution >= 4 is 5.97 Å². The molecule has 2 aliphatic rings. The maximum absolute atomic E-state index is 11.1. The quantitative estimate of drug-likeness (QED) is 0.237. The summed E-state index contributed by atoms with van der Waals surface area (Å²) < 4.78 is 4.64. The summed E-state index contributed by atoms with van der Waals surface area (Å²) >= 11 is 0. The predicted molar refractivity (Wildman–Crippen MR) is 132 cm³/mol. The third-order valence-corrected chi connectivity index (χ3v) is 7.12. The number of aliphatic hydroxyl groups excluding tert-OH is 2. The molecule has 1 aromatic rings. The summed E-state index contributed by atoms with van der Waals surface area (Å²) in [6, 6.07) is 8.26. The molecule has 0 aliphatic heterocycles. The van der Waals surface area contributed by atoms with E-state index in [-0.39, 0.29) is 18.0 Å². The van der Waals surface area contributed by atoms with Gasteiger partial charge in [0.1, 0.15) is 0 Å². The van der Waals surface area contributed by atoms with Gasteiger partial charge in [0.05, 0.1) is 25.7 Å². The molecular formula is C28H41NO4. The van der Waals surface area contributed by atoms with Gasteiger partial charge in [-0.05, 0) is 63.0 Å². The summed E-state index contributed by atoms with van der Waals surface area (Å²) in [6.45, 7) is 3.68. The first kappa shape index (κ1) is 25.7. The van der Waals surface area contributed by atoms with Gasteiger partial charge in [0.2, 0.25) is 0 Å². The first-order chi connectivity index (χ1) is 16.0. The van der Waals surface area contributed by atoms with E-state index in [0.29, 0.717) is 31.2 Å². The number of hydrogen-bond acceptors (Lipinski definition) is 5. The number of unbranched alkanes of at least 4 members (excludes halogenated alkanes) is 2. The van der Waals surface area contributed by atoms with Crippen LogP contribution in [0.2, 0.25) is 0 Å². The van der Waals surface area contributed by atoms with Crippen molar-refractivity contribution in [1.82, 2.24) is 5.32 Å². The third-order valence-electron chi connectivity index (χ3n) is 7.12. The second kappa shape index (κ2) is 13.1. The summed E-state index contributed by atoms with van der Waals surface area (Å²) in [7, 11) is 1.42. The van der Waals surface area contributed by atoms with E-state index in [1.807, 2.05) is 12.1 Å². The lowest BCUT2D eigenvalue weighted by Gasteiger charge is -2.19. The van der Waals surface area contributed by atoms with Crippen LogP contribution in [-0.4, -0.2) is 48.6 Å². The Balaban J connectivity index is 1.35. The van der Waals surface area contributed by atoms with Crippen molar-refractivity contribution in [2.45, 2.75) is 70.5 Å². The number of benzene rings is 1. The van der Waals surface area contributed by atoms with Crippen LogP contribution in [0.5, 0.6) is 0 Å². The SMILES string of the molecule is COC(=O)CCNCCCCCC1=C[C@H]2C[C@@H](O)[C@H](C=C[C@H](O)Cc3cccc(C)c3)[C@H]2C1. The van der Waals surface area contributed by atoms with Gasteiger partial charge in [-0.1, -0.05) is 60.1 Å². The second-order valence-corrected chi connectivity index (χ2v) is 9.77. The van der Waals surface area contributed by atoms with E-state index in [1.165, 1.54) is 31.1 Å². The molecule has 5 nitrogen and oxygen atoms in total. The molecule has 5 atom stereocenters. The molecule has 182 valence electrons. The van der Waals surface area contributed by atoms with Crippen LogP contribution >= 0.6 is 0 Å². The number of methoxy groups -OCH3 is 1. The molecule has 2 aliphatic carbocycles. The largest absolute Gasteiger partial charge is 0.469 e. The molecular weight excluding hydrogens is 414 g/mol. The van der Waals surface area contributed by atoms with Crippen LogP contribution in [0.4, 0.5) is 0 Å². The van der Waals surface area contributed by atoms with E-state index < -0.39 is 6.10 Å². The zero-order valence-electron chi connectivity index (χ0n) is 20.2. The van der Waals surface area contributed by atoms with Crippen molar-refractivity contribution in [3.05, 3.63) is 59.2 Å². The lowest BCUT2D eigenvalue weighted by molar-refractivity contribution is -0.140. The molecule has 0 bridgehead atoms. The highest BCUT2D eigenvalue weighted by Crippen LogP contribution is 2.48. The first-order valence-electron chi connectivity index (χ1n) is 12.5. The Morgan fingerprint density at radius 3 is 2.91 bits per heavy atom. The van der Waals surface area contributed by atoms with E-state index >= 15 is 0 Å². The van der Waals surface area contributed by atoms with Crippen molar-refractivity contribution in [2.75, 3.05) is 20.2 Å². The number of ether oxygens (including phenoxy) is 1. The zero-order chi connectivity index (χ0) is 23.6. The molecule has 0 unspecified atom stereocenters. The van der Waals surface area contributed by atoms with Gasteiger partial charge < -0.3 is 20.3 Å². The van der Waals surface area contributed by atoms with Crippen molar-refractivity contribution in [3.8, 4) is 0 Å². The van der Waals surface area contributed by atoms with E-state index in [0.717, 1.165) is 37.8 Å². The second-order valence-electron chi connectivity index (χ2n) is 9.77. The monoisotopic (exact) mass is 455 g/mol. The zero-order valence-corrected chi connectivity index (χ0v) is 20.2. The molecule has 0 spiro atoms. The van der Waals surface area contributed by atoms with Gasteiger partial charge in [-0.2, -0.15) is 0 Å². The summed E-state index contributed by atoms with van der Waals surface area (Å²) in [5, 5.41) is 24.4. The van der Waals surface area contributed by atoms with Crippen LogP contribution in [-0.2, 0) is 16.0 Å². The fourth-order valence-corrected chi connectivity index (χ4v) is 5.39. The third kappa shape index (κ3) is 8.09. The fourth-order valence-electron chi connectivity index (χ4n) is 5.39. The minimum atomic E-state index is -0.520. The summed E-state index contributed by atoms with van der Waals surface area (Å²) in [5.41, 5.74) is 3.88. The Labute approximate surface area is 198 Å². The molecule has 0 aromatic heterocycles. The van der Waals surface area contributed by atoms with Crippen LogP contribution in [0.3, 0.4) is 0 Å². The standard InChI is InChI=1S/C28H41NO4/c1-20-7-6-9-21(15-20)17-24(30)10-11-25-26-18-22(16-23(26)19-27(25)31)8-4-3-5-13-29-14-12-28(32)33-2/h6-7,9-11,15-16,23-27,29-31H,3-5,8,12-14,17-19H2,1-2H3/t23-,24-,25+,26-,27+/m0/s1. The van der Waals surface area contributed by atoms with Gasteiger partial charge in [-0.15, -0.1) is 0 Å². The van der Waals surface area contributed by atoms with Gasteiger partial charge in [-0.25, -0.2) is 0 Å². The highest BCUT2D eigenvalue weighted by Gasteiger charge is 2.43. The maximum atomic E-state index is 11.1. The number of carbonyl (C=O) groups is 1. The average Bonchev–Trinajstić information content (AvgIpc) is 3.30. The number of rotatable bonds is 13. The van der Waals surface area contributed by atoms with Crippen LogP contribution < -0.4 is 5.32 Å². The van der Waals surface area contributed by atoms with E-state index in [9.17, 15) is 15.0 Å².